The lowest BCUT2D eigenvalue weighted by Crippen LogP contribution is -2.47. The fraction of sp³-hybridized carbons (Fsp3) is 0.308. The van der Waals surface area contributed by atoms with Crippen LogP contribution >= 0.6 is 0 Å². The summed E-state index contributed by atoms with van der Waals surface area (Å²) in [5, 5.41) is 14.7. The van der Waals surface area contributed by atoms with Crippen molar-refractivity contribution in [3.8, 4) is 11.1 Å². The van der Waals surface area contributed by atoms with Gasteiger partial charge in [0.1, 0.15) is 12.6 Å². The van der Waals surface area contributed by atoms with Crippen molar-refractivity contribution >= 4 is 18.0 Å². The molecule has 1 aliphatic carbocycles. The standard InChI is InChI=1S/C26H28N4O5/c1-2-16(24(31)30-23(25(32)33)11-17-13-27-15-29-17)12-28-26(34)35-14-22-20-9-5-3-7-18(20)19-8-4-6-10-21(19)22/h3-10,13,15-16,22-23H,2,11-12,14H2,1H3,(H,27,29)(H,28,34)(H,30,31)(H,32,33). The lowest BCUT2D eigenvalue weighted by Gasteiger charge is -2.20. The van der Waals surface area contributed by atoms with Crippen LogP contribution in [0.2, 0.25) is 0 Å². The third-order valence-electron chi connectivity index (χ3n) is 6.29. The van der Waals surface area contributed by atoms with Gasteiger partial charge in [-0.15, -0.1) is 0 Å². The summed E-state index contributed by atoms with van der Waals surface area (Å²) in [6.45, 7) is 2.01. The number of fused-ring (bicyclic) bond motifs is 3. The van der Waals surface area contributed by atoms with Crippen LogP contribution in [-0.2, 0) is 20.7 Å². The van der Waals surface area contributed by atoms with Gasteiger partial charge in [-0.05, 0) is 28.7 Å². The molecule has 9 heteroatoms. The minimum Gasteiger partial charge on any atom is -0.480 e. The number of aromatic nitrogens is 2. The molecule has 0 spiro atoms. The second-order valence-corrected chi connectivity index (χ2v) is 8.49. The van der Waals surface area contributed by atoms with Gasteiger partial charge >= 0.3 is 12.1 Å². The smallest absolute Gasteiger partial charge is 0.407 e. The molecule has 9 nitrogen and oxygen atoms in total. The first kappa shape index (κ1) is 24.0. The predicted octanol–water partition coefficient (Wildman–Crippen LogP) is 3.09. The highest BCUT2D eigenvalue weighted by molar-refractivity contribution is 5.85. The molecule has 2 atom stereocenters. The van der Waals surface area contributed by atoms with Crippen LogP contribution in [0.5, 0.6) is 0 Å². The zero-order chi connectivity index (χ0) is 24.8. The summed E-state index contributed by atoms with van der Waals surface area (Å²) in [6.07, 6.45) is 2.84. The third kappa shape index (κ3) is 5.51. The Balaban J connectivity index is 1.30. The van der Waals surface area contributed by atoms with E-state index in [0.29, 0.717) is 12.1 Å². The van der Waals surface area contributed by atoms with E-state index in [1.165, 1.54) is 12.5 Å². The molecule has 0 saturated heterocycles. The fourth-order valence-corrected chi connectivity index (χ4v) is 4.38. The molecule has 1 aromatic heterocycles. The van der Waals surface area contributed by atoms with Crippen LogP contribution in [0.15, 0.2) is 61.1 Å². The van der Waals surface area contributed by atoms with Crippen molar-refractivity contribution < 1.29 is 24.2 Å². The zero-order valence-electron chi connectivity index (χ0n) is 19.4. The molecular weight excluding hydrogens is 448 g/mol. The first-order valence-corrected chi connectivity index (χ1v) is 11.6. The van der Waals surface area contributed by atoms with Crippen molar-refractivity contribution in [1.29, 1.82) is 0 Å². The lowest BCUT2D eigenvalue weighted by molar-refractivity contribution is -0.142. The average Bonchev–Trinajstić information content (AvgIpc) is 3.48. The van der Waals surface area contributed by atoms with Crippen molar-refractivity contribution in [3.63, 3.8) is 0 Å². The van der Waals surface area contributed by atoms with Crippen LogP contribution in [0, 0.1) is 5.92 Å². The van der Waals surface area contributed by atoms with Crippen molar-refractivity contribution in [2.24, 2.45) is 5.92 Å². The van der Waals surface area contributed by atoms with E-state index < -0.39 is 29.9 Å². The number of H-pyrrole nitrogens is 1. The Morgan fingerprint density at radius 2 is 1.74 bits per heavy atom. The van der Waals surface area contributed by atoms with Crippen molar-refractivity contribution in [2.45, 2.75) is 31.7 Å². The van der Waals surface area contributed by atoms with Gasteiger partial charge in [0.2, 0.25) is 5.91 Å². The molecule has 2 amide bonds. The summed E-state index contributed by atoms with van der Waals surface area (Å²) in [5.41, 5.74) is 5.11. The molecule has 0 aliphatic heterocycles. The molecule has 0 fully saturated rings. The van der Waals surface area contributed by atoms with E-state index in [4.69, 9.17) is 4.74 Å². The van der Waals surface area contributed by atoms with Gasteiger partial charge in [0.15, 0.2) is 0 Å². The number of carboxylic acid groups (broad SMARTS) is 1. The largest absolute Gasteiger partial charge is 0.480 e. The van der Waals surface area contributed by atoms with Crippen LogP contribution in [0.3, 0.4) is 0 Å². The molecule has 4 rings (SSSR count). The zero-order valence-corrected chi connectivity index (χ0v) is 19.4. The monoisotopic (exact) mass is 476 g/mol. The number of nitrogens with zero attached hydrogens (tertiary/aromatic N) is 1. The SMILES string of the molecule is CCC(CNC(=O)OCC1c2ccccc2-c2ccccc21)C(=O)NC(Cc1cnc[nH]1)C(=O)O. The minimum absolute atomic E-state index is 0.0371. The Kier molecular flexibility index (Phi) is 7.45. The van der Waals surface area contributed by atoms with E-state index in [-0.39, 0.29) is 25.5 Å². The van der Waals surface area contributed by atoms with Gasteiger partial charge in [-0.2, -0.15) is 0 Å². The molecule has 3 aromatic rings. The van der Waals surface area contributed by atoms with Crippen LogP contribution in [0.4, 0.5) is 4.79 Å². The minimum atomic E-state index is -1.15. The number of nitrogens with one attached hydrogen (secondary N) is 3. The second-order valence-electron chi connectivity index (χ2n) is 8.49. The van der Waals surface area contributed by atoms with E-state index in [1.807, 2.05) is 36.4 Å². The maximum Gasteiger partial charge on any atom is 0.407 e. The van der Waals surface area contributed by atoms with Gasteiger partial charge in [-0.3, -0.25) is 4.79 Å². The average molecular weight is 477 g/mol. The van der Waals surface area contributed by atoms with Gasteiger partial charge in [0, 0.05) is 30.8 Å². The highest BCUT2D eigenvalue weighted by Gasteiger charge is 2.29. The number of aliphatic carboxylic acids is 1. The molecule has 0 bridgehead atoms. The maximum atomic E-state index is 12.7. The summed E-state index contributed by atoms with van der Waals surface area (Å²) in [5.74, 6) is -2.25. The number of aromatic amines is 1. The van der Waals surface area contributed by atoms with Gasteiger partial charge in [0.25, 0.3) is 0 Å². The number of rotatable bonds is 10. The number of carboxylic acids is 1. The first-order valence-electron chi connectivity index (χ1n) is 11.6. The van der Waals surface area contributed by atoms with E-state index in [0.717, 1.165) is 22.3 Å². The number of hydrogen-bond acceptors (Lipinski definition) is 5. The second kappa shape index (κ2) is 10.9. The highest BCUT2D eigenvalue weighted by Crippen LogP contribution is 2.44. The van der Waals surface area contributed by atoms with Crippen molar-refractivity contribution in [1.82, 2.24) is 20.6 Å². The summed E-state index contributed by atoms with van der Waals surface area (Å²) in [6, 6.07) is 15.0. The molecule has 1 heterocycles. The topological polar surface area (TPSA) is 133 Å². The summed E-state index contributed by atoms with van der Waals surface area (Å²) >= 11 is 0. The number of carbonyl (C=O) groups is 3. The van der Waals surface area contributed by atoms with Gasteiger partial charge in [-0.25, -0.2) is 14.6 Å². The van der Waals surface area contributed by atoms with Crippen LogP contribution in [0.1, 0.15) is 36.1 Å². The van der Waals surface area contributed by atoms with Gasteiger partial charge in [-0.1, -0.05) is 55.5 Å². The molecule has 4 N–H and O–H groups in total. The summed E-state index contributed by atoms with van der Waals surface area (Å²) in [7, 11) is 0. The van der Waals surface area contributed by atoms with Gasteiger partial charge in [0.05, 0.1) is 12.2 Å². The molecule has 35 heavy (non-hydrogen) atoms. The van der Waals surface area contributed by atoms with Crippen LogP contribution in [0.25, 0.3) is 11.1 Å². The Labute approximate surface area is 202 Å². The lowest BCUT2D eigenvalue weighted by atomic mass is 9.98. The molecule has 2 unspecified atom stereocenters. The fourth-order valence-electron chi connectivity index (χ4n) is 4.38. The maximum absolute atomic E-state index is 12.7. The van der Waals surface area contributed by atoms with Crippen molar-refractivity contribution in [2.75, 3.05) is 13.2 Å². The highest BCUT2D eigenvalue weighted by atomic mass is 16.5. The third-order valence-corrected chi connectivity index (χ3v) is 6.29. The number of benzene rings is 2. The summed E-state index contributed by atoms with van der Waals surface area (Å²) < 4.78 is 5.52. The number of hydrogen-bond donors (Lipinski definition) is 4. The number of carbonyl (C=O) groups excluding carboxylic acids is 2. The molecular formula is C26H28N4O5. The van der Waals surface area contributed by atoms with Crippen LogP contribution < -0.4 is 10.6 Å². The van der Waals surface area contributed by atoms with E-state index >= 15 is 0 Å². The molecule has 1 aliphatic rings. The Bertz CT molecular complexity index is 1150. The molecule has 182 valence electrons. The van der Waals surface area contributed by atoms with Crippen LogP contribution in [-0.4, -0.2) is 52.2 Å². The molecule has 2 aromatic carbocycles. The van der Waals surface area contributed by atoms with E-state index in [2.05, 4.69) is 32.7 Å². The number of ether oxygens (including phenoxy) is 1. The van der Waals surface area contributed by atoms with Gasteiger partial charge < -0.3 is 25.5 Å². The van der Waals surface area contributed by atoms with Crippen molar-refractivity contribution in [3.05, 3.63) is 77.9 Å². The Morgan fingerprint density at radius 3 is 2.31 bits per heavy atom. The summed E-state index contributed by atoms with van der Waals surface area (Å²) in [4.78, 5) is 43.4. The molecule has 0 saturated carbocycles. The quantitative estimate of drug-likeness (QED) is 0.355. The molecule has 0 radical (unpaired) electrons. The Hall–Kier alpha value is -4.14. The van der Waals surface area contributed by atoms with E-state index in [1.54, 1.807) is 6.92 Å². The predicted molar refractivity (Wildman–Crippen MR) is 129 cm³/mol. The number of amides is 2. The normalized spacial score (nSPS) is 13.9. The Morgan fingerprint density at radius 1 is 1.09 bits per heavy atom. The van der Waals surface area contributed by atoms with E-state index in [9.17, 15) is 19.5 Å². The number of imidazole rings is 1. The number of alkyl carbamates (subject to hydrolysis) is 1. The first-order chi connectivity index (χ1) is 17.0.